The highest BCUT2D eigenvalue weighted by molar-refractivity contribution is 9.10. The number of nitrogens with zero attached hydrogens (tertiary/aromatic N) is 1. The van der Waals surface area contributed by atoms with Crippen LogP contribution >= 0.6 is 27.5 Å². The molecule has 96 valence electrons. The third-order valence-corrected chi connectivity index (χ3v) is 4.52. The van der Waals surface area contributed by atoms with Crippen LogP contribution in [0, 0.1) is 13.8 Å². The van der Waals surface area contributed by atoms with Crippen molar-refractivity contribution in [3.8, 4) is 11.5 Å². The van der Waals surface area contributed by atoms with Crippen molar-refractivity contribution < 1.29 is 4.42 Å². The fourth-order valence-electron chi connectivity index (χ4n) is 1.99. The molecule has 0 bridgehead atoms. The van der Waals surface area contributed by atoms with E-state index in [0.29, 0.717) is 10.9 Å². The summed E-state index contributed by atoms with van der Waals surface area (Å²) in [5.74, 6) is 0.548. The lowest BCUT2D eigenvalue weighted by molar-refractivity contribution is 0.617. The Balaban J connectivity index is 2.29. The standard InChI is InChI=1S/C15H11BrClNO/c1-8-7-12-14(13(16)9(8)2)19-15(18-12)10-5-3-4-6-11(10)17/h3-7H,1-2H3. The van der Waals surface area contributed by atoms with Crippen molar-refractivity contribution in [1.82, 2.24) is 4.98 Å². The van der Waals surface area contributed by atoms with Gasteiger partial charge in [0, 0.05) is 0 Å². The lowest BCUT2D eigenvalue weighted by atomic mass is 10.1. The van der Waals surface area contributed by atoms with Gasteiger partial charge < -0.3 is 4.42 Å². The normalized spacial score (nSPS) is 11.2. The number of rotatable bonds is 1. The topological polar surface area (TPSA) is 26.0 Å². The molecule has 0 atom stereocenters. The van der Waals surface area contributed by atoms with Crippen LogP contribution in [-0.2, 0) is 0 Å². The van der Waals surface area contributed by atoms with E-state index in [9.17, 15) is 0 Å². The minimum absolute atomic E-state index is 0.548. The Labute approximate surface area is 124 Å². The Hall–Kier alpha value is -1.32. The van der Waals surface area contributed by atoms with Crippen LogP contribution in [0.25, 0.3) is 22.6 Å². The van der Waals surface area contributed by atoms with Crippen LogP contribution < -0.4 is 0 Å². The highest BCUT2D eigenvalue weighted by Crippen LogP contribution is 2.35. The maximum absolute atomic E-state index is 6.18. The summed E-state index contributed by atoms with van der Waals surface area (Å²) < 4.78 is 6.81. The van der Waals surface area contributed by atoms with Crippen LogP contribution in [0.4, 0.5) is 0 Å². The van der Waals surface area contributed by atoms with Crippen molar-refractivity contribution in [3.05, 3.63) is 51.0 Å². The SMILES string of the molecule is Cc1cc2nc(-c3ccccc3Cl)oc2c(Br)c1C. The number of benzene rings is 2. The molecule has 2 aromatic carbocycles. The van der Waals surface area contributed by atoms with Gasteiger partial charge in [0.2, 0.25) is 5.89 Å². The fraction of sp³-hybridized carbons (Fsp3) is 0.133. The van der Waals surface area contributed by atoms with Gasteiger partial charge in [-0.15, -0.1) is 0 Å². The van der Waals surface area contributed by atoms with Gasteiger partial charge in [-0.1, -0.05) is 23.7 Å². The molecular weight excluding hydrogens is 326 g/mol. The molecule has 0 fully saturated rings. The molecular formula is C15H11BrClNO. The van der Waals surface area contributed by atoms with E-state index < -0.39 is 0 Å². The van der Waals surface area contributed by atoms with Gasteiger partial charge in [-0.05, 0) is 59.1 Å². The average molecular weight is 337 g/mol. The number of fused-ring (bicyclic) bond motifs is 1. The third kappa shape index (κ3) is 2.07. The predicted molar refractivity (Wildman–Crippen MR) is 81.6 cm³/mol. The molecule has 0 amide bonds. The molecule has 0 aliphatic carbocycles. The van der Waals surface area contributed by atoms with Crippen LogP contribution in [0.3, 0.4) is 0 Å². The molecule has 0 spiro atoms. The second-order valence-electron chi connectivity index (χ2n) is 4.48. The minimum Gasteiger partial charge on any atom is -0.435 e. The van der Waals surface area contributed by atoms with Crippen molar-refractivity contribution in [2.45, 2.75) is 13.8 Å². The Morgan fingerprint density at radius 3 is 2.68 bits per heavy atom. The number of halogens is 2. The summed E-state index contributed by atoms with van der Waals surface area (Å²) in [6.07, 6.45) is 0. The Kier molecular flexibility index (Phi) is 3.11. The van der Waals surface area contributed by atoms with Crippen LogP contribution in [0.15, 0.2) is 39.2 Å². The van der Waals surface area contributed by atoms with E-state index in [0.717, 1.165) is 26.7 Å². The van der Waals surface area contributed by atoms with Crippen molar-refractivity contribution in [1.29, 1.82) is 0 Å². The molecule has 0 aliphatic rings. The van der Waals surface area contributed by atoms with Gasteiger partial charge in [0.25, 0.3) is 0 Å². The van der Waals surface area contributed by atoms with E-state index in [-0.39, 0.29) is 0 Å². The Bertz CT molecular complexity index is 779. The summed E-state index contributed by atoms with van der Waals surface area (Å²) in [6, 6.07) is 9.57. The number of hydrogen-bond acceptors (Lipinski definition) is 2. The summed E-state index contributed by atoms with van der Waals surface area (Å²) in [5, 5.41) is 0.638. The molecule has 0 N–H and O–H groups in total. The highest BCUT2D eigenvalue weighted by atomic mass is 79.9. The van der Waals surface area contributed by atoms with Crippen LogP contribution in [0.1, 0.15) is 11.1 Å². The van der Waals surface area contributed by atoms with Gasteiger partial charge >= 0.3 is 0 Å². The lowest BCUT2D eigenvalue weighted by Crippen LogP contribution is -1.83. The molecule has 4 heteroatoms. The molecule has 0 unspecified atom stereocenters. The molecule has 0 aliphatic heterocycles. The van der Waals surface area contributed by atoms with Gasteiger partial charge in [-0.25, -0.2) is 4.98 Å². The molecule has 0 saturated heterocycles. The second-order valence-corrected chi connectivity index (χ2v) is 5.68. The maximum Gasteiger partial charge on any atom is 0.228 e. The van der Waals surface area contributed by atoms with Crippen molar-refractivity contribution in [3.63, 3.8) is 0 Å². The van der Waals surface area contributed by atoms with Gasteiger partial charge in [0.05, 0.1) is 15.1 Å². The summed E-state index contributed by atoms with van der Waals surface area (Å²) in [5.41, 5.74) is 4.75. The van der Waals surface area contributed by atoms with Crippen molar-refractivity contribution in [2.75, 3.05) is 0 Å². The first-order valence-electron chi connectivity index (χ1n) is 5.89. The van der Waals surface area contributed by atoms with Gasteiger partial charge in [-0.3, -0.25) is 0 Å². The molecule has 19 heavy (non-hydrogen) atoms. The molecule has 0 radical (unpaired) electrons. The van der Waals surface area contributed by atoms with Crippen LogP contribution in [0.5, 0.6) is 0 Å². The molecule has 3 aromatic rings. The number of aryl methyl sites for hydroxylation is 1. The quantitative estimate of drug-likeness (QED) is 0.584. The van der Waals surface area contributed by atoms with Crippen molar-refractivity contribution >= 4 is 38.6 Å². The van der Waals surface area contributed by atoms with E-state index in [2.05, 4.69) is 34.8 Å². The molecule has 0 saturated carbocycles. The van der Waals surface area contributed by atoms with Crippen molar-refractivity contribution in [2.24, 2.45) is 0 Å². The summed E-state index contributed by atoms with van der Waals surface area (Å²) >= 11 is 9.75. The van der Waals surface area contributed by atoms with E-state index in [1.165, 1.54) is 5.56 Å². The zero-order valence-corrected chi connectivity index (χ0v) is 12.8. The zero-order chi connectivity index (χ0) is 13.6. The van der Waals surface area contributed by atoms with Gasteiger partial charge in [0.1, 0.15) is 5.52 Å². The van der Waals surface area contributed by atoms with E-state index >= 15 is 0 Å². The summed E-state index contributed by atoms with van der Waals surface area (Å²) in [6.45, 7) is 4.11. The monoisotopic (exact) mass is 335 g/mol. The highest BCUT2D eigenvalue weighted by Gasteiger charge is 2.15. The molecule has 1 heterocycles. The van der Waals surface area contributed by atoms with E-state index in [1.807, 2.05) is 30.3 Å². The average Bonchev–Trinajstić information content (AvgIpc) is 2.80. The molecule has 2 nitrogen and oxygen atoms in total. The summed E-state index contributed by atoms with van der Waals surface area (Å²) in [4.78, 5) is 4.53. The maximum atomic E-state index is 6.18. The Morgan fingerprint density at radius 1 is 1.21 bits per heavy atom. The van der Waals surface area contributed by atoms with Crippen LogP contribution in [-0.4, -0.2) is 4.98 Å². The van der Waals surface area contributed by atoms with Gasteiger partial charge in [-0.2, -0.15) is 0 Å². The summed E-state index contributed by atoms with van der Waals surface area (Å²) in [7, 11) is 0. The number of hydrogen-bond donors (Lipinski definition) is 0. The Morgan fingerprint density at radius 2 is 1.95 bits per heavy atom. The molecule has 3 rings (SSSR count). The number of oxazole rings is 1. The van der Waals surface area contributed by atoms with Gasteiger partial charge in [0.15, 0.2) is 5.58 Å². The number of aromatic nitrogens is 1. The second kappa shape index (κ2) is 4.66. The smallest absolute Gasteiger partial charge is 0.228 e. The predicted octanol–water partition coefficient (Wildman–Crippen LogP) is 5.53. The fourth-order valence-corrected chi connectivity index (χ4v) is 2.81. The van der Waals surface area contributed by atoms with Crippen LogP contribution in [0.2, 0.25) is 5.02 Å². The zero-order valence-electron chi connectivity index (χ0n) is 10.5. The minimum atomic E-state index is 0.548. The molecule has 1 aromatic heterocycles. The lowest BCUT2D eigenvalue weighted by Gasteiger charge is -2.01. The third-order valence-electron chi connectivity index (χ3n) is 3.23. The first-order valence-corrected chi connectivity index (χ1v) is 7.06. The van der Waals surface area contributed by atoms with E-state index in [1.54, 1.807) is 0 Å². The van der Waals surface area contributed by atoms with E-state index in [4.69, 9.17) is 16.0 Å². The first kappa shape index (κ1) is 12.7. The largest absolute Gasteiger partial charge is 0.435 e. The first-order chi connectivity index (χ1) is 9.08.